The van der Waals surface area contributed by atoms with Crippen LogP contribution in [0.3, 0.4) is 0 Å². The Kier molecular flexibility index (Phi) is 3.88. The molecule has 0 spiro atoms. The van der Waals surface area contributed by atoms with Crippen molar-refractivity contribution in [2.24, 2.45) is 5.92 Å². The van der Waals surface area contributed by atoms with Gasteiger partial charge in [0.05, 0.1) is 6.54 Å². The predicted octanol–water partition coefficient (Wildman–Crippen LogP) is -1.04. The summed E-state index contributed by atoms with van der Waals surface area (Å²) in [5.41, 5.74) is 0. The molecule has 0 aromatic carbocycles. The van der Waals surface area contributed by atoms with Gasteiger partial charge in [-0.2, -0.15) is 0 Å². The molecule has 0 bridgehead atoms. The average molecular weight is 200 g/mol. The van der Waals surface area contributed by atoms with E-state index in [-0.39, 0.29) is 30.9 Å². The number of hydrogen-bond donors (Lipinski definition) is 2. The van der Waals surface area contributed by atoms with Gasteiger partial charge in [-0.15, -0.1) is 0 Å². The van der Waals surface area contributed by atoms with E-state index in [9.17, 15) is 9.59 Å². The number of amides is 2. The van der Waals surface area contributed by atoms with Crippen LogP contribution in [0.1, 0.15) is 13.3 Å². The second-order valence-electron chi connectivity index (χ2n) is 3.59. The summed E-state index contributed by atoms with van der Waals surface area (Å²) in [7, 11) is 0. The molecule has 1 heterocycles. The minimum absolute atomic E-state index is 0.0630. The van der Waals surface area contributed by atoms with Gasteiger partial charge in [0.15, 0.2) is 0 Å². The molecule has 0 aromatic heterocycles. The van der Waals surface area contributed by atoms with Crippen LogP contribution in [0, 0.1) is 5.92 Å². The van der Waals surface area contributed by atoms with Gasteiger partial charge in [-0.05, 0) is 6.42 Å². The smallest absolute Gasteiger partial charge is 0.241 e. The highest BCUT2D eigenvalue weighted by molar-refractivity contribution is 5.83. The van der Waals surface area contributed by atoms with Crippen LogP contribution in [0.25, 0.3) is 0 Å². The van der Waals surface area contributed by atoms with Crippen LogP contribution in [-0.2, 0) is 9.59 Å². The molecule has 5 nitrogen and oxygen atoms in total. The highest BCUT2D eigenvalue weighted by atomic mass is 16.3. The van der Waals surface area contributed by atoms with Gasteiger partial charge >= 0.3 is 0 Å². The maximum absolute atomic E-state index is 11.4. The molecule has 0 aliphatic carbocycles. The van der Waals surface area contributed by atoms with E-state index in [0.717, 1.165) is 6.42 Å². The number of hydrogen-bond acceptors (Lipinski definition) is 3. The van der Waals surface area contributed by atoms with Crippen LogP contribution < -0.4 is 5.32 Å². The molecule has 1 aliphatic rings. The molecule has 1 rings (SSSR count). The molecule has 0 radical (unpaired) electrons. The third-order valence-electron chi connectivity index (χ3n) is 2.39. The zero-order chi connectivity index (χ0) is 10.6. The van der Waals surface area contributed by atoms with Gasteiger partial charge in [0.1, 0.15) is 0 Å². The molecule has 14 heavy (non-hydrogen) atoms. The Morgan fingerprint density at radius 1 is 1.57 bits per heavy atom. The van der Waals surface area contributed by atoms with E-state index in [0.29, 0.717) is 13.1 Å². The van der Waals surface area contributed by atoms with Gasteiger partial charge in [0.2, 0.25) is 11.8 Å². The van der Waals surface area contributed by atoms with E-state index < -0.39 is 0 Å². The summed E-state index contributed by atoms with van der Waals surface area (Å²) in [6.45, 7) is 2.86. The second-order valence-corrected chi connectivity index (χ2v) is 3.59. The number of likely N-dealkylation sites (tertiary alicyclic amines) is 1. The molecule has 0 saturated carbocycles. The highest BCUT2D eigenvalue weighted by Gasteiger charge is 2.25. The van der Waals surface area contributed by atoms with Gasteiger partial charge in [0, 0.05) is 32.5 Å². The molecular weight excluding hydrogens is 184 g/mol. The highest BCUT2D eigenvalue weighted by Crippen LogP contribution is 2.14. The third kappa shape index (κ3) is 2.99. The Morgan fingerprint density at radius 3 is 2.79 bits per heavy atom. The van der Waals surface area contributed by atoms with Gasteiger partial charge in [-0.3, -0.25) is 9.59 Å². The molecule has 1 saturated heterocycles. The number of aliphatic hydroxyl groups excluding tert-OH is 1. The maximum atomic E-state index is 11.4. The minimum Gasteiger partial charge on any atom is -0.396 e. The normalized spacial score (nSPS) is 21.0. The summed E-state index contributed by atoms with van der Waals surface area (Å²) in [5.74, 6) is -0.0660. The van der Waals surface area contributed by atoms with Crippen molar-refractivity contribution in [1.29, 1.82) is 0 Å². The zero-order valence-corrected chi connectivity index (χ0v) is 8.32. The van der Waals surface area contributed by atoms with Crippen LogP contribution >= 0.6 is 0 Å². The van der Waals surface area contributed by atoms with Crippen molar-refractivity contribution >= 4 is 11.8 Å². The molecule has 0 aromatic rings. The summed E-state index contributed by atoms with van der Waals surface area (Å²) >= 11 is 0. The van der Waals surface area contributed by atoms with E-state index in [1.807, 2.05) is 0 Å². The summed E-state index contributed by atoms with van der Waals surface area (Å²) < 4.78 is 0. The van der Waals surface area contributed by atoms with Gasteiger partial charge in [0.25, 0.3) is 0 Å². The molecule has 1 aliphatic heterocycles. The van der Waals surface area contributed by atoms with E-state index >= 15 is 0 Å². The number of nitrogens with zero attached hydrogens (tertiary/aromatic N) is 1. The Bertz CT molecular complexity index is 230. The summed E-state index contributed by atoms with van der Waals surface area (Å²) in [5, 5.41) is 11.3. The van der Waals surface area contributed by atoms with E-state index in [4.69, 9.17) is 5.11 Å². The molecule has 0 unspecified atom stereocenters. The SMILES string of the molecule is CC(=O)NCC(=O)N1CC[C@@H](CO)C1. The monoisotopic (exact) mass is 200 g/mol. The lowest BCUT2D eigenvalue weighted by molar-refractivity contribution is -0.131. The van der Waals surface area contributed by atoms with Crippen LogP contribution in [0.4, 0.5) is 0 Å². The lowest BCUT2D eigenvalue weighted by Gasteiger charge is -2.15. The minimum atomic E-state index is -0.198. The van der Waals surface area contributed by atoms with E-state index in [2.05, 4.69) is 5.32 Å². The number of rotatable bonds is 3. The topological polar surface area (TPSA) is 69.6 Å². The predicted molar refractivity (Wildman–Crippen MR) is 50.5 cm³/mol. The Balaban J connectivity index is 2.28. The van der Waals surface area contributed by atoms with Gasteiger partial charge in [-0.25, -0.2) is 0 Å². The van der Waals surface area contributed by atoms with Crippen LogP contribution in [-0.4, -0.2) is 48.1 Å². The Morgan fingerprint density at radius 2 is 2.29 bits per heavy atom. The lowest BCUT2D eigenvalue weighted by Crippen LogP contribution is -2.38. The van der Waals surface area contributed by atoms with Gasteiger partial charge < -0.3 is 15.3 Å². The van der Waals surface area contributed by atoms with Crippen molar-refractivity contribution in [3.8, 4) is 0 Å². The second kappa shape index (κ2) is 4.95. The maximum Gasteiger partial charge on any atom is 0.241 e. The zero-order valence-electron chi connectivity index (χ0n) is 8.32. The average Bonchev–Trinajstić information content (AvgIpc) is 2.62. The molecule has 1 atom stereocenters. The first-order valence-corrected chi connectivity index (χ1v) is 4.76. The fourth-order valence-corrected chi connectivity index (χ4v) is 1.52. The fourth-order valence-electron chi connectivity index (χ4n) is 1.52. The third-order valence-corrected chi connectivity index (χ3v) is 2.39. The van der Waals surface area contributed by atoms with Crippen LogP contribution in [0.15, 0.2) is 0 Å². The largest absolute Gasteiger partial charge is 0.396 e. The number of carbonyl (C=O) groups excluding carboxylic acids is 2. The summed E-state index contributed by atoms with van der Waals surface area (Å²) in [6, 6.07) is 0. The first kappa shape index (κ1) is 11.0. The number of nitrogens with one attached hydrogen (secondary N) is 1. The van der Waals surface area contributed by atoms with Crippen LogP contribution in [0.2, 0.25) is 0 Å². The van der Waals surface area contributed by atoms with Crippen molar-refractivity contribution in [2.45, 2.75) is 13.3 Å². The molecule has 5 heteroatoms. The van der Waals surface area contributed by atoms with Crippen molar-refractivity contribution in [2.75, 3.05) is 26.2 Å². The van der Waals surface area contributed by atoms with Crippen molar-refractivity contribution in [3.63, 3.8) is 0 Å². The molecular formula is C9H16N2O3. The van der Waals surface area contributed by atoms with Crippen molar-refractivity contribution in [3.05, 3.63) is 0 Å². The molecule has 2 N–H and O–H groups in total. The van der Waals surface area contributed by atoms with Crippen LogP contribution in [0.5, 0.6) is 0 Å². The number of aliphatic hydroxyl groups is 1. The van der Waals surface area contributed by atoms with Crippen molar-refractivity contribution < 1.29 is 14.7 Å². The fraction of sp³-hybridized carbons (Fsp3) is 0.778. The first-order chi connectivity index (χ1) is 6.63. The van der Waals surface area contributed by atoms with E-state index in [1.165, 1.54) is 6.92 Å². The van der Waals surface area contributed by atoms with Gasteiger partial charge in [-0.1, -0.05) is 0 Å². The molecule has 1 fully saturated rings. The quantitative estimate of drug-likeness (QED) is 0.611. The number of carbonyl (C=O) groups is 2. The lowest BCUT2D eigenvalue weighted by atomic mass is 10.1. The Labute approximate surface area is 83.1 Å². The van der Waals surface area contributed by atoms with E-state index in [1.54, 1.807) is 4.90 Å². The van der Waals surface area contributed by atoms with Crippen molar-refractivity contribution in [1.82, 2.24) is 10.2 Å². The summed E-state index contributed by atoms with van der Waals surface area (Å²) in [4.78, 5) is 23.7. The standard InChI is InChI=1S/C9H16N2O3/c1-7(13)10-4-9(14)11-3-2-8(5-11)6-12/h8,12H,2-6H2,1H3,(H,10,13)/t8-/m1/s1. The molecule has 80 valence electrons. The summed E-state index contributed by atoms with van der Waals surface area (Å²) in [6.07, 6.45) is 0.850. The Hall–Kier alpha value is -1.10. The first-order valence-electron chi connectivity index (χ1n) is 4.76. The molecule has 2 amide bonds.